The van der Waals surface area contributed by atoms with Crippen LogP contribution in [0, 0.1) is 11.3 Å². The molecular formula is C13H10ClNO. The lowest BCUT2D eigenvalue weighted by Gasteiger charge is -2.07. The molecule has 2 nitrogen and oxygen atoms in total. The molecule has 0 aliphatic rings. The molecule has 3 heteroatoms. The van der Waals surface area contributed by atoms with Crippen molar-refractivity contribution in [3.63, 3.8) is 0 Å². The van der Waals surface area contributed by atoms with Gasteiger partial charge in [0.05, 0.1) is 24.6 Å². The molecule has 0 aliphatic carbocycles. The van der Waals surface area contributed by atoms with E-state index < -0.39 is 0 Å². The average molecular weight is 232 g/mol. The molecule has 0 N–H and O–H groups in total. The van der Waals surface area contributed by atoms with E-state index in [1.54, 1.807) is 7.11 Å². The Hall–Kier alpha value is -1.72. The molecule has 0 saturated carbocycles. The minimum atomic E-state index is 0.391. The van der Waals surface area contributed by atoms with Gasteiger partial charge in [-0.05, 0) is 28.5 Å². The number of ether oxygens (including phenoxy) is 1. The van der Waals surface area contributed by atoms with Crippen molar-refractivity contribution in [2.45, 2.75) is 6.42 Å². The van der Waals surface area contributed by atoms with Crippen molar-refractivity contribution in [2.75, 3.05) is 7.11 Å². The van der Waals surface area contributed by atoms with E-state index in [9.17, 15) is 0 Å². The number of hydrogen-bond donors (Lipinski definition) is 0. The maximum absolute atomic E-state index is 8.75. The summed E-state index contributed by atoms with van der Waals surface area (Å²) in [5.41, 5.74) is 0.995. The van der Waals surface area contributed by atoms with Gasteiger partial charge in [-0.3, -0.25) is 0 Å². The second-order valence-electron chi connectivity index (χ2n) is 3.46. The Morgan fingerprint density at radius 2 is 2.19 bits per heavy atom. The van der Waals surface area contributed by atoms with Gasteiger partial charge < -0.3 is 4.74 Å². The molecule has 0 amide bonds. The van der Waals surface area contributed by atoms with Crippen molar-refractivity contribution >= 4 is 22.4 Å². The third-order valence-electron chi connectivity index (χ3n) is 2.51. The van der Waals surface area contributed by atoms with Gasteiger partial charge in [0.25, 0.3) is 0 Å². The summed E-state index contributed by atoms with van der Waals surface area (Å²) in [5.74, 6) is 0.638. The second-order valence-corrected chi connectivity index (χ2v) is 3.87. The molecule has 0 saturated heterocycles. The lowest BCUT2D eigenvalue weighted by Crippen LogP contribution is -1.88. The second kappa shape index (κ2) is 4.42. The van der Waals surface area contributed by atoms with Crippen LogP contribution in [0.3, 0.4) is 0 Å². The summed E-state index contributed by atoms with van der Waals surface area (Å²) in [4.78, 5) is 0. The van der Waals surface area contributed by atoms with Crippen LogP contribution in [0.2, 0.25) is 5.02 Å². The Labute approximate surface area is 99.0 Å². The van der Waals surface area contributed by atoms with Gasteiger partial charge in [0.1, 0.15) is 5.75 Å². The predicted octanol–water partition coefficient (Wildman–Crippen LogP) is 3.57. The van der Waals surface area contributed by atoms with Crippen LogP contribution in [0.25, 0.3) is 10.8 Å². The normalized spacial score (nSPS) is 10.1. The first kappa shape index (κ1) is 10.8. The first-order chi connectivity index (χ1) is 7.76. The molecule has 0 unspecified atom stereocenters. The Morgan fingerprint density at radius 3 is 2.88 bits per heavy atom. The molecule has 2 aromatic carbocycles. The molecule has 80 valence electrons. The van der Waals surface area contributed by atoms with Crippen LogP contribution in [-0.2, 0) is 6.42 Å². The lowest BCUT2D eigenvalue weighted by atomic mass is 10.0. The number of nitrogens with zero attached hydrogens (tertiary/aromatic N) is 1. The van der Waals surface area contributed by atoms with Gasteiger partial charge in [-0.1, -0.05) is 29.8 Å². The zero-order valence-electron chi connectivity index (χ0n) is 8.83. The van der Waals surface area contributed by atoms with E-state index in [0.717, 1.165) is 16.3 Å². The average Bonchev–Trinajstić information content (AvgIpc) is 2.29. The monoisotopic (exact) mass is 231 g/mol. The first-order valence-corrected chi connectivity index (χ1v) is 5.26. The quantitative estimate of drug-likeness (QED) is 0.792. The molecule has 0 aromatic heterocycles. The summed E-state index contributed by atoms with van der Waals surface area (Å²) in [6, 6.07) is 11.7. The number of fused-ring (bicyclic) bond motifs is 1. The van der Waals surface area contributed by atoms with Gasteiger partial charge in [0.2, 0.25) is 0 Å². The van der Waals surface area contributed by atoms with E-state index in [1.165, 1.54) is 0 Å². The maximum atomic E-state index is 8.75. The highest BCUT2D eigenvalue weighted by atomic mass is 35.5. The molecule has 0 fully saturated rings. The Balaban J connectivity index is 2.72. The van der Waals surface area contributed by atoms with Crippen LogP contribution in [0.4, 0.5) is 0 Å². The topological polar surface area (TPSA) is 33.0 Å². The summed E-state index contributed by atoms with van der Waals surface area (Å²) >= 11 is 6.04. The minimum Gasteiger partial charge on any atom is -0.495 e. The predicted molar refractivity (Wildman–Crippen MR) is 64.8 cm³/mol. The van der Waals surface area contributed by atoms with Crippen LogP contribution >= 0.6 is 11.6 Å². The summed E-state index contributed by atoms with van der Waals surface area (Å²) < 4.78 is 5.17. The van der Waals surface area contributed by atoms with Gasteiger partial charge in [0, 0.05) is 0 Å². The van der Waals surface area contributed by atoms with Gasteiger partial charge in [0.15, 0.2) is 0 Å². The molecule has 2 rings (SSSR count). The summed E-state index contributed by atoms with van der Waals surface area (Å²) in [5, 5.41) is 11.4. The Kier molecular flexibility index (Phi) is 2.98. The zero-order chi connectivity index (χ0) is 11.5. The van der Waals surface area contributed by atoms with Crippen LogP contribution in [0.5, 0.6) is 5.75 Å². The standard InChI is InChI=1S/C13H10ClNO/c1-16-13-8-11-9(5-6-15)3-2-4-10(11)7-12(13)14/h2-4,7-8H,5H2,1H3. The summed E-state index contributed by atoms with van der Waals surface area (Å²) in [6.07, 6.45) is 0.391. The van der Waals surface area contributed by atoms with Crippen LogP contribution in [0.1, 0.15) is 5.56 Å². The smallest absolute Gasteiger partial charge is 0.138 e. The maximum Gasteiger partial charge on any atom is 0.138 e. The van der Waals surface area contributed by atoms with E-state index in [4.69, 9.17) is 21.6 Å². The van der Waals surface area contributed by atoms with Gasteiger partial charge in [-0.15, -0.1) is 0 Å². The van der Waals surface area contributed by atoms with E-state index in [2.05, 4.69) is 6.07 Å². The first-order valence-electron chi connectivity index (χ1n) is 4.88. The molecule has 0 aliphatic heterocycles. The van der Waals surface area contributed by atoms with Crippen molar-refractivity contribution in [2.24, 2.45) is 0 Å². The fraction of sp³-hybridized carbons (Fsp3) is 0.154. The zero-order valence-corrected chi connectivity index (χ0v) is 9.58. The highest BCUT2D eigenvalue weighted by molar-refractivity contribution is 6.32. The fourth-order valence-corrected chi connectivity index (χ4v) is 1.99. The fourth-order valence-electron chi connectivity index (χ4n) is 1.74. The molecule has 0 atom stereocenters. The van der Waals surface area contributed by atoms with Crippen molar-refractivity contribution in [1.82, 2.24) is 0 Å². The van der Waals surface area contributed by atoms with E-state index in [-0.39, 0.29) is 0 Å². The van der Waals surface area contributed by atoms with E-state index >= 15 is 0 Å². The van der Waals surface area contributed by atoms with E-state index in [0.29, 0.717) is 17.2 Å². The third-order valence-corrected chi connectivity index (χ3v) is 2.81. The molecule has 2 aromatic rings. The Bertz CT molecular complexity index is 572. The van der Waals surface area contributed by atoms with Crippen LogP contribution in [0.15, 0.2) is 30.3 Å². The molecular weight excluding hydrogens is 222 g/mol. The largest absolute Gasteiger partial charge is 0.495 e. The molecule has 0 bridgehead atoms. The highest BCUT2D eigenvalue weighted by Crippen LogP contribution is 2.31. The van der Waals surface area contributed by atoms with E-state index in [1.807, 2.05) is 30.3 Å². The van der Waals surface area contributed by atoms with Crippen molar-refractivity contribution in [3.05, 3.63) is 40.9 Å². The van der Waals surface area contributed by atoms with Crippen LogP contribution in [-0.4, -0.2) is 7.11 Å². The molecule has 0 spiro atoms. The van der Waals surface area contributed by atoms with Crippen molar-refractivity contribution in [1.29, 1.82) is 5.26 Å². The van der Waals surface area contributed by atoms with Crippen molar-refractivity contribution in [3.8, 4) is 11.8 Å². The summed E-state index contributed by atoms with van der Waals surface area (Å²) in [7, 11) is 1.58. The van der Waals surface area contributed by atoms with Gasteiger partial charge in [-0.2, -0.15) is 5.26 Å². The Morgan fingerprint density at radius 1 is 1.38 bits per heavy atom. The van der Waals surface area contributed by atoms with Gasteiger partial charge in [-0.25, -0.2) is 0 Å². The highest BCUT2D eigenvalue weighted by Gasteiger charge is 2.06. The number of methoxy groups -OCH3 is 1. The molecule has 0 heterocycles. The number of rotatable bonds is 2. The SMILES string of the molecule is COc1cc2c(CC#N)cccc2cc1Cl. The summed E-state index contributed by atoms with van der Waals surface area (Å²) in [6.45, 7) is 0. The third kappa shape index (κ3) is 1.82. The lowest BCUT2D eigenvalue weighted by molar-refractivity contribution is 0.415. The van der Waals surface area contributed by atoms with Crippen LogP contribution < -0.4 is 4.74 Å². The number of nitriles is 1. The number of hydrogen-bond acceptors (Lipinski definition) is 2. The molecule has 0 radical (unpaired) electrons. The van der Waals surface area contributed by atoms with Gasteiger partial charge >= 0.3 is 0 Å². The molecule has 16 heavy (non-hydrogen) atoms. The van der Waals surface area contributed by atoms with Crippen molar-refractivity contribution < 1.29 is 4.74 Å². The minimum absolute atomic E-state index is 0.391. The number of halogens is 1. The number of benzene rings is 2.